The van der Waals surface area contributed by atoms with Gasteiger partial charge in [0.05, 0.1) is 5.92 Å². The summed E-state index contributed by atoms with van der Waals surface area (Å²) in [5.41, 5.74) is -3.25. The van der Waals surface area contributed by atoms with Crippen molar-refractivity contribution in [2.24, 2.45) is 5.92 Å². The molecule has 11 nitrogen and oxygen atoms in total. The maximum absolute atomic E-state index is 13.4. The van der Waals surface area contributed by atoms with Crippen molar-refractivity contribution in [2.45, 2.75) is 102 Å². The molecule has 0 saturated heterocycles. The van der Waals surface area contributed by atoms with Crippen LogP contribution in [0, 0.1) is 5.92 Å². The molecule has 0 saturated carbocycles. The average molecular weight is 666 g/mol. The molecule has 0 radical (unpaired) electrons. The van der Waals surface area contributed by atoms with Gasteiger partial charge in [0.15, 0.2) is 29.2 Å². The number of cyclic esters (lactones) is 3. The van der Waals surface area contributed by atoms with Crippen LogP contribution in [0.4, 0.5) is 0 Å². The zero-order valence-corrected chi connectivity index (χ0v) is 27.4. The minimum absolute atomic E-state index is 0.0956. The summed E-state index contributed by atoms with van der Waals surface area (Å²) in [5.74, 6) is -4.08. The van der Waals surface area contributed by atoms with Crippen molar-refractivity contribution in [2.75, 3.05) is 0 Å². The first-order chi connectivity index (χ1) is 19.3. The molecule has 0 fully saturated rings. The van der Waals surface area contributed by atoms with E-state index in [1.54, 1.807) is 6.92 Å². The molecular weight excluding hydrogens is 631 g/mol. The summed E-state index contributed by atoms with van der Waals surface area (Å²) in [6.07, 6.45) is -2.42. The second-order valence-electron chi connectivity index (χ2n) is 11.3. The van der Waals surface area contributed by atoms with E-state index < -0.39 is 63.6 Å². The van der Waals surface area contributed by atoms with Gasteiger partial charge >= 0.3 is 23.9 Å². The summed E-state index contributed by atoms with van der Waals surface area (Å²) in [6.45, 7) is 10.3. The van der Waals surface area contributed by atoms with Crippen LogP contribution >= 0.6 is 45.9 Å². The van der Waals surface area contributed by atoms with E-state index in [0.717, 1.165) is 22.7 Å². The molecular formula is C27H34Cl2N2O9S2. The minimum Gasteiger partial charge on any atom is -0.457 e. The fraction of sp³-hybridized carbons (Fsp3) is 0.630. The lowest BCUT2D eigenvalue weighted by molar-refractivity contribution is -0.171. The van der Waals surface area contributed by atoms with Crippen molar-refractivity contribution < 1.29 is 43.2 Å². The quantitative estimate of drug-likeness (QED) is 0.229. The Morgan fingerprint density at radius 3 is 2.19 bits per heavy atom. The fourth-order valence-electron chi connectivity index (χ4n) is 4.10. The minimum atomic E-state index is -1.60. The van der Waals surface area contributed by atoms with E-state index in [1.807, 2.05) is 0 Å². The van der Waals surface area contributed by atoms with Crippen molar-refractivity contribution in [3.8, 4) is 0 Å². The predicted octanol–water partition coefficient (Wildman–Crippen LogP) is 5.73. The first-order valence-electron chi connectivity index (χ1n) is 13.1. The molecule has 3 heterocycles. The van der Waals surface area contributed by atoms with Crippen LogP contribution in [-0.4, -0.2) is 60.6 Å². The molecule has 2 aromatic heterocycles. The highest BCUT2D eigenvalue weighted by molar-refractivity contribution is 7.10. The van der Waals surface area contributed by atoms with Crippen LogP contribution in [0.1, 0.15) is 111 Å². The second kappa shape index (κ2) is 13.1. The van der Waals surface area contributed by atoms with Gasteiger partial charge in [-0.15, -0.1) is 45.9 Å². The summed E-state index contributed by atoms with van der Waals surface area (Å²) < 4.78 is 21.6. The van der Waals surface area contributed by atoms with Crippen molar-refractivity contribution in [3.63, 3.8) is 0 Å². The Kier molecular flexibility index (Phi) is 10.7. The lowest BCUT2D eigenvalue weighted by atomic mass is 9.97. The van der Waals surface area contributed by atoms with Crippen LogP contribution in [-0.2, 0) is 28.5 Å². The summed E-state index contributed by atoms with van der Waals surface area (Å²) in [4.78, 5) is 60.4. The van der Waals surface area contributed by atoms with Crippen molar-refractivity contribution in [1.82, 2.24) is 9.97 Å². The van der Waals surface area contributed by atoms with E-state index in [2.05, 4.69) is 9.97 Å². The number of carbonyl (C=O) groups excluding carboxylic acids is 4. The number of rotatable bonds is 6. The number of halogens is 2. The number of nitrogens with zero attached hydrogens (tertiary/aromatic N) is 2. The van der Waals surface area contributed by atoms with Gasteiger partial charge in [-0.05, 0) is 60.8 Å². The highest BCUT2D eigenvalue weighted by Gasteiger charge is 2.42. The van der Waals surface area contributed by atoms with Gasteiger partial charge in [0.25, 0.3) is 0 Å². The molecule has 0 aromatic carbocycles. The zero-order chi connectivity index (χ0) is 31.6. The molecule has 3 rings (SSSR count). The standard InChI is InChI=1S/C27H34Cl2N2O9S2/c1-13-17(9-8-10-27(7,28)29)38-23(34)15-11-42-21(30-15)19(37-14(2)32)26(5,6)40-24(35)16-12-41-20(31-16)18(25(3,4)36)39-22(13)33/h11-13,17-19,36H,8-10H2,1-7H3/t13?,17?,18-,19?/m1/s1. The Labute approximate surface area is 261 Å². The fourth-order valence-corrected chi connectivity index (χ4v) is 6.35. The monoisotopic (exact) mass is 664 g/mol. The van der Waals surface area contributed by atoms with Crippen LogP contribution in [0.2, 0.25) is 0 Å². The predicted molar refractivity (Wildman–Crippen MR) is 156 cm³/mol. The zero-order valence-electron chi connectivity index (χ0n) is 24.3. The third-order valence-electron chi connectivity index (χ3n) is 6.35. The molecule has 1 N–H and O–H groups in total. The summed E-state index contributed by atoms with van der Waals surface area (Å²) in [7, 11) is 0. The van der Waals surface area contributed by atoms with Gasteiger partial charge in [-0.25, -0.2) is 19.6 Å². The molecule has 1 aliphatic rings. The number of ether oxygens (including phenoxy) is 4. The maximum Gasteiger partial charge on any atom is 0.358 e. The molecule has 0 amide bonds. The van der Waals surface area contributed by atoms with Gasteiger partial charge in [-0.3, -0.25) is 9.59 Å². The van der Waals surface area contributed by atoms with Crippen molar-refractivity contribution in [3.05, 3.63) is 32.2 Å². The molecule has 4 bridgehead atoms. The third kappa shape index (κ3) is 8.85. The van der Waals surface area contributed by atoms with E-state index in [-0.39, 0.29) is 27.8 Å². The number of fused-ring (bicyclic) bond motifs is 4. The Hall–Kier alpha value is -2.32. The second-order valence-corrected chi connectivity index (χ2v) is 14.9. The van der Waals surface area contributed by atoms with Crippen molar-refractivity contribution in [1.29, 1.82) is 0 Å². The van der Waals surface area contributed by atoms with Crippen LogP contribution < -0.4 is 0 Å². The number of aliphatic hydroxyl groups is 1. The number of hydrogen-bond donors (Lipinski definition) is 1. The van der Waals surface area contributed by atoms with Gasteiger partial charge in [0, 0.05) is 17.7 Å². The lowest BCUT2D eigenvalue weighted by Crippen LogP contribution is -2.38. The van der Waals surface area contributed by atoms with E-state index in [0.29, 0.717) is 12.8 Å². The number of hydrogen-bond acceptors (Lipinski definition) is 13. The van der Waals surface area contributed by atoms with E-state index in [4.69, 9.17) is 42.1 Å². The normalized spacial score (nSPS) is 23.8. The summed E-state index contributed by atoms with van der Waals surface area (Å²) in [5, 5.41) is 14.0. The topological polar surface area (TPSA) is 151 Å². The Balaban J connectivity index is 2.09. The molecule has 4 atom stereocenters. The molecule has 0 aliphatic carbocycles. The molecule has 2 aromatic rings. The first-order valence-corrected chi connectivity index (χ1v) is 15.6. The average Bonchev–Trinajstić information content (AvgIpc) is 3.52. The Bertz CT molecular complexity index is 1310. The molecule has 42 heavy (non-hydrogen) atoms. The van der Waals surface area contributed by atoms with Crippen LogP contribution in [0.15, 0.2) is 10.8 Å². The number of carbonyl (C=O) groups is 4. The third-order valence-corrected chi connectivity index (χ3v) is 8.50. The van der Waals surface area contributed by atoms with Crippen LogP contribution in [0.3, 0.4) is 0 Å². The van der Waals surface area contributed by atoms with E-state index in [9.17, 15) is 24.3 Å². The first kappa shape index (κ1) is 34.2. The molecule has 15 heteroatoms. The molecule has 232 valence electrons. The van der Waals surface area contributed by atoms with Gasteiger partial charge in [-0.2, -0.15) is 0 Å². The maximum atomic E-state index is 13.4. The van der Waals surface area contributed by atoms with Gasteiger partial charge in [0.1, 0.15) is 26.1 Å². The number of alkyl halides is 2. The molecule has 1 aliphatic heterocycles. The van der Waals surface area contributed by atoms with Crippen LogP contribution in [0.25, 0.3) is 0 Å². The highest BCUT2D eigenvalue weighted by Crippen LogP contribution is 2.38. The SMILES string of the molecule is CC(=O)OC1c2nc(cs2)C(=O)OC(CCCC(C)(Cl)Cl)C(C)C(=O)O[C@@H](C(C)(C)O)c2nc(cs2)C(=O)OC1(C)C. The Morgan fingerprint density at radius 2 is 1.62 bits per heavy atom. The van der Waals surface area contributed by atoms with Crippen molar-refractivity contribution >= 4 is 69.8 Å². The van der Waals surface area contributed by atoms with E-state index in [1.165, 1.54) is 52.3 Å². The molecule has 0 spiro atoms. The van der Waals surface area contributed by atoms with E-state index >= 15 is 0 Å². The summed E-state index contributed by atoms with van der Waals surface area (Å²) in [6, 6.07) is 0. The number of thiazole rings is 2. The largest absolute Gasteiger partial charge is 0.457 e. The lowest BCUT2D eigenvalue weighted by Gasteiger charge is -2.31. The number of aromatic nitrogens is 2. The van der Waals surface area contributed by atoms with Crippen LogP contribution in [0.5, 0.6) is 0 Å². The number of esters is 4. The smallest absolute Gasteiger partial charge is 0.358 e. The van der Waals surface area contributed by atoms with Gasteiger partial charge in [-0.1, -0.05) is 0 Å². The molecule has 3 unspecified atom stereocenters. The van der Waals surface area contributed by atoms with Gasteiger partial charge in [0.2, 0.25) is 0 Å². The highest BCUT2D eigenvalue weighted by atomic mass is 35.5. The van der Waals surface area contributed by atoms with Gasteiger partial charge < -0.3 is 24.1 Å². The summed E-state index contributed by atoms with van der Waals surface area (Å²) >= 11 is 14.2. The Morgan fingerprint density at radius 1 is 1.05 bits per heavy atom.